The van der Waals surface area contributed by atoms with Crippen molar-refractivity contribution in [1.29, 1.82) is 0 Å². The number of rotatable bonds is 2. The van der Waals surface area contributed by atoms with Crippen molar-refractivity contribution in [3.8, 4) is 5.75 Å². The maximum atomic E-state index is 12.6. The Kier molecular flexibility index (Phi) is 3.66. The van der Waals surface area contributed by atoms with Crippen LogP contribution in [0.1, 0.15) is 29.4 Å². The number of aromatic nitrogens is 3. The van der Waals surface area contributed by atoms with Gasteiger partial charge in [-0.05, 0) is 18.9 Å². The fourth-order valence-electron chi connectivity index (χ4n) is 3.14. The van der Waals surface area contributed by atoms with Crippen LogP contribution in [-0.2, 0) is 17.6 Å². The number of H-pyrrole nitrogens is 1. The quantitative estimate of drug-likeness (QED) is 0.869. The monoisotopic (exact) mass is 352 g/mol. The molecule has 0 radical (unpaired) electrons. The summed E-state index contributed by atoms with van der Waals surface area (Å²) in [6.45, 7) is 0.364. The summed E-state index contributed by atoms with van der Waals surface area (Å²) in [4.78, 5) is 12.6. The van der Waals surface area contributed by atoms with Gasteiger partial charge in [0.05, 0.1) is 22.5 Å². The van der Waals surface area contributed by atoms with Gasteiger partial charge in [0.15, 0.2) is 0 Å². The van der Waals surface area contributed by atoms with E-state index in [9.17, 15) is 4.79 Å². The van der Waals surface area contributed by atoms with Crippen LogP contribution in [0.5, 0.6) is 5.75 Å². The normalized spacial score (nSPS) is 22.2. The van der Waals surface area contributed by atoms with Gasteiger partial charge in [-0.2, -0.15) is 15.4 Å². The molecule has 1 aliphatic heterocycles. The molecule has 6 nitrogen and oxygen atoms in total. The summed E-state index contributed by atoms with van der Waals surface area (Å²) in [7, 11) is 0. The summed E-state index contributed by atoms with van der Waals surface area (Å²) in [6, 6.07) is 3.36. The predicted octanol–water partition coefficient (Wildman–Crippen LogP) is 2.47. The summed E-state index contributed by atoms with van der Waals surface area (Å²) in [5.41, 5.74) is 2.71. The Morgan fingerprint density at radius 3 is 3.00 bits per heavy atom. The van der Waals surface area contributed by atoms with Crippen LogP contribution < -0.4 is 10.1 Å². The largest absolute Gasteiger partial charge is 0.489 e. The van der Waals surface area contributed by atoms with Crippen molar-refractivity contribution in [3.05, 3.63) is 39.1 Å². The van der Waals surface area contributed by atoms with E-state index in [1.807, 2.05) is 6.07 Å². The first-order valence-electron chi connectivity index (χ1n) is 7.43. The Morgan fingerprint density at radius 2 is 2.13 bits per heavy atom. The van der Waals surface area contributed by atoms with Crippen LogP contribution in [0, 0.1) is 5.92 Å². The number of carbonyl (C=O) groups excluding carboxylic acids is 1. The van der Waals surface area contributed by atoms with E-state index in [4.69, 9.17) is 27.9 Å². The highest BCUT2D eigenvalue weighted by Gasteiger charge is 2.32. The smallest absolute Gasteiger partial charge is 0.224 e. The van der Waals surface area contributed by atoms with Crippen molar-refractivity contribution in [1.82, 2.24) is 20.7 Å². The molecule has 1 aromatic heterocycles. The fraction of sp³-hybridized carbons (Fsp3) is 0.400. The third-order valence-corrected chi connectivity index (χ3v) is 5.20. The lowest BCUT2D eigenvalue weighted by molar-refractivity contribution is -0.126. The van der Waals surface area contributed by atoms with Crippen LogP contribution >= 0.6 is 23.2 Å². The van der Waals surface area contributed by atoms with Crippen LogP contribution in [-0.4, -0.2) is 27.9 Å². The average molecular weight is 353 g/mol. The lowest BCUT2D eigenvalue weighted by atomic mass is 9.89. The summed E-state index contributed by atoms with van der Waals surface area (Å²) in [5.74, 6) is 0.470. The van der Waals surface area contributed by atoms with E-state index in [2.05, 4.69) is 20.7 Å². The Morgan fingerprint density at radius 1 is 1.30 bits per heavy atom. The lowest BCUT2D eigenvalue weighted by Gasteiger charge is -2.21. The molecule has 1 amide bonds. The van der Waals surface area contributed by atoms with Gasteiger partial charge >= 0.3 is 0 Å². The first-order chi connectivity index (χ1) is 11.1. The molecule has 4 rings (SSSR count). The van der Waals surface area contributed by atoms with Gasteiger partial charge in [-0.1, -0.05) is 29.3 Å². The topological polar surface area (TPSA) is 79.9 Å². The lowest BCUT2D eigenvalue weighted by Crippen LogP contribution is -2.37. The second-order valence-electron chi connectivity index (χ2n) is 5.81. The van der Waals surface area contributed by atoms with Crippen molar-refractivity contribution in [3.63, 3.8) is 0 Å². The Balaban J connectivity index is 1.48. The molecule has 2 heterocycles. The Hall–Kier alpha value is -1.79. The highest BCUT2D eigenvalue weighted by molar-refractivity contribution is 6.43. The summed E-state index contributed by atoms with van der Waals surface area (Å²) < 4.78 is 5.60. The third-order valence-electron chi connectivity index (χ3n) is 4.41. The van der Waals surface area contributed by atoms with Crippen LogP contribution in [0.3, 0.4) is 0 Å². The highest BCUT2D eigenvalue weighted by atomic mass is 35.5. The number of aromatic amines is 1. The van der Waals surface area contributed by atoms with Crippen molar-refractivity contribution < 1.29 is 9.53 Å². The number of halogens is 2. The molecule has 0 saturated heterocycles. The summed E-state index contributed by atoms with van der Waals surface area (Å²) >= 11 is 12.1. The number of amides is 1. The number of benzene rings is 1. The zero-order chi connectivity index (χ0) is 16.0. The first kappa shape index (κ1) is 14.8. The van der Waals surface area contributed by atoms with Crippen molar-refractivity contribution in [2.75, 3.05) is 6.61 Å². The minimum atomic E-state index is -0.203. The van der Waals surface area contributed by atoms with E-state index in [0.717, 1.165) is 29.8 Å². The van der Waals surface area contributed by atoms with E-state index in [0.29, 0.717) is 28.8 Å². The van der Waals surface area contributed by atoms with Crippen LogP contribution in [0.25, 0.3) is 0 Å². The van der Waals surface area contributed by atoms with Crippen molar-refractivity contribution in [2.24, 2.45) is 5.92 Å². The molecule has 1 aromatic carbocycles. The predicted molar refractivity (Wildman–Crippen MR) is 84.7 cm³/mol. The maximum absolute atomic E-state index is 12.6. The molecule has 23 heavy (non-hydrogen) atoms. The molecular formula is C15H14Cl2N4O2. The number of nitrogens with one attached hydrogen (secondary N) is 2. The summed E-state index contributed by atoms with van der Waals surface area (Å²) in [6.07, 6.45) is 2.15. The zero-order valence-electron chi connectivity index (χ0n) is 12.1. The van der Waals surface area contributed by atoms with Crippen LogP contribution in [0.4, 0.5) is 0 Å². The van der Waals surface area contributed by atoms with Crippen molar-refractivity contribution >= 4 is 29.1 Å². The second-order valence-corrected chi connectivity index (χ2v) is 6.59. The minimum Gasteiger partial charge on any atom is -0.489 e. The molecule has 0 bridgehead atoms. The molecule has 2 N–H and O–H groups in total. The van der Waals surface area contributed by atoms with E-state index in [-0.39, 0.29) is 17.9 Å². The SMILES string of the molecule is O=C(NC1COc2c1ccc(Cl)c2Cl)C1CCc2n[nH]nc2C1. The van der Waals surface area contributed by atoms with Gasteiger partial charge in [0, 0.05) is 17.9 Å². The Labute approximate surface area is 142 Å². The number of hydrogen-bond acceptors (Lipinski definition) is 4. The number of hydrogen-bond donors (Lipinski definition) is 2. The van der Waals surface area contributed by atoms with Gasteiger partial charge in [-0.25, -0.2) is 0 Å². The third kappa shape index (κ3) is 2.56. The van der Waals surface area contributed by atoms with E-state index in [1.165, 1.54) is 0 Å². The van der Waals surface area contributed by atoms with Crippen molar-refractivity contribution in [2.45, 2.75) is 25.3 Å². The number of carbonyl (C=O) groups is 1. The molecule has 8 heteroatoms. The molecule has 0 saturated carbocycles. The molecule has 2 aromatic rings. The number of nitrogens with zero attached hydrogens (tertiary/aromatic N) is 2. The molecule has 2 atom stereocenters. The standard InChI is InChI=1S/C15H14Cl2N4O2/c16-9-3-2-8-12(6-23-14(8)13(9)17)18-15(22)7-1-4-10-11(5-7)20-21-19-10/h2-3,7,12H,1,4-6H2,(H,18,22)(H,19,20,21). The molecule has 1 aliphatic carbocycles. The average Bonchev–Trinajstić information content (AvgIpc) is 3.17. The molecule has 120 valence electrons. The van der Waals surface area contributed by atoms with Crippen LogP contribution in [0.2, 0.25) is 10.0 Å². The number of fused-ring (bicyclic) bond motifs is 2. The first-order valence-corrected chi connectivity index (χ1v) is 8.18. The van der Waals surface area contributed by atoms with Gasteiger partial charge in [0.2, 0.25) is 5.91 Å². The van der Waals surface area contributed by atoms with Gasteiger partial charge in [0.25, 0.3) is 0 Å². The number of aryl methyl sites for hydroxylation is 1. The minimum absolute atomic E-state index is 0.00572. The summed E-state index contributed by atoms with van der Waals surface area (Å²) in [5, 5.41) is 14.7. The fourth-order valence-corrected chi connectivity index (χ4v) is 3.52. The highest BCUT2D eigenvalue weighted by Crippen LogP contribution is 2.42. The van der Waals surface area contributed by atoms with E-state index in [1.54, 1.807) is 6.07 Å². The number of ether oxygens (including phenoxy) is 1. The van der Waals surface area contributed by atoms with Gasteiger partial charge in [-0.15, -0.1) is 0 Å². The maximum Gasteiger partial charge on any atom is 0.224 e. The second kappa shape index (κ2) is 5.69. The zero-order valence-corrected chi connectivity index (χ0v) is 13.6. The van der Waals surface area contributed by atoms with Gasteiger partial charge in [-0.3, -0.25) is 4.79 Å². The van der Waals surface area contributed by atoms with E-state index < -0.39 is 0 Å². The Bertz CT molecular complexity index is 777. The van der Waals surface area contributed by atoms with E-state index >= 15 is 0 Å². The molecule has 2 unspecified atom stereocenters. The molecule has 0 fully saturated rings. The van der Waals surface area contributed by atoms with Gasteiger partial charge < -0.3 is 10.1 Å². The molecule has 0 spiro atoms. The molecular weight excluding hydrogens is 339 g/mol. The van der Waals surface area contributed by atoms with Gasteiger partial charge in [0.1, 0.15) is 17.4 Å². The van der Waals surface area contributed by atoms with Crippen LogP contribution in [0.15, 0.2) is 12.1 Å². The molecule has 2 aliphatic rings.